The highest BCUT2D eigenvalue weighted by molar-refractivity contribution is 6.29. The van der Waals surface area contributed by atoms with Crippen molar-refractivity contribution < 1.29 is 19.2 Å². The summed E-state index contributed by atoms with van der Waals surface area (Å²) in [6.45, 7) is 0. The summed E-state index contributed by atoms with van der Waals surface area (Å²) in [7, 11) is 0. The lowest BCUT2D eigenvalue weighted by molar-refractivity contribution is 0.0979. The average molecular weight is 416 g/mol. The minimum atomic E-state index is -0.0641. The molecule has 0 N–H and O–H groups in total. The molecule has 4 aromatic rings. The van der Waals surface area contributed by atoms with Crippen molar-refractivity contribution in [3.05, 3.63) is 142 Å². The summed E-state index contributed by atoms with van der Waals surface area (Å²) in [5.74, 6) is -0.256. The number of hydrogen-bond acceptors (Lipinski definition) is 4. The molecule has 0 unspecified atom stereocenters. The van der Waals surface area contributed by atoms with Crippen LogP contribution in [-0.4, -0.2) is 23.1 Å². The van der Waals surface area contributed by atoms with Crippen molar-refractivity contribution in [3.63, 3.8) is 0 Å². The van der Waals surface area contributed by atoms with Crippen LogP contribution < -0.4 is 0 Å². The lowest BCUT2D eigenvalue weighted by Crippen LogP contribution is -2.20. The quantitative estimate of drug-likeness (QED) is 0.352. The smallest absolute Gasteiger partial charge is 0.194 e. The van der Waals surface area contributed by atoms with Crippen molar-refractivity contribution in [2.75, 3.05) is 0 Å². The molecular formula is C28H16O4. The van der Waals surface area contributed by atoms with Crippen LogP contribution in [0.4, 0.5) is 0 Å². The van der Waals surface area contributed by atoms with E-state index in [2.05, 4.69) is 0 Å². The SMILES string of the molecule is O=C1c2ccccc2C(=O)c2ccccc21.O=C1c2ccccc2C(=O)c2ccccc21. The van der Waals surface area contributed by atoms with E-state index in [1.807, 2.05) is 0 Å². The fourth-order valence-electron chi connectivity index (χ4n) is 4.10. The second kappa shape index (κ2) is 7.67. The molecule has 0 aromatic heterocycles. The standard InChI is InChI=1S/2C14H8O2/c2*15-13-9-5-1-2-6-10(9)14(16)12-8-4-3-7-11(12)13/h2*1-8H. The Balaban J connectivity index is 0.000000135. The molecule has 0 atom stereocenters. The highest BCUT2D eigenvalue weighted by atomic mass is 16.1. The van der Waals surface area contributed by atoms with Gasteiger partial charge in [-0.1, -0.05) is 97.1 Å². The summed E-state index contributed by atoms with van der Waals surface area (Å²) in [5.41, 5.74) is 4.05. The van der Waals surface area contributed by atoms with Gasteiger partial charge in [0.1, 0.15) is 0 Å². The normalized spacial score (nSPS) is 13.2. The molecule has 4 aromatic carbocycles. The first-order valence-electron chi connectivity index (χ1n) is 10.1. The maximum absolute atomic E-state index is 12.1. The molecule has 32 heavy (non-hydrogen) atoms. The van der Waals surface area contributed by atoms with Crippen LogP contribution in [0.3, 0.4) is 0 Å². The number of hydrogen-bond donors (Lipinski definition) is 0. The van der Waals surface area contributed by atoms with Crippen LogP contribution in [-0.2, 0) is 0 Å². The second-order valence-corrected chi connectivity index (χ2v) is 7.50. The Kier molecular flexibility index (Phi) is 4.68. The molecule has 0 spiro atoms. The van der Waals surface area contributed by atoms with Crippen LogP contribution in [0.5, 0.6) is 0 Å². The maximum atomic E-state index is 12.1. The third-order valence-corrected chi connectivity index (χ3v) is 5.67. The van der Waals surface area contributed by atoms with E-state index >= 15 is 0 Å². The molecule has 0 saturated heterocycles. The van der Waals surface area contributed by atoms with Gasteiger partial charge in [-0.2, -0.15) is 0 Å². The lowest BCUT2D eigenvalue weighted by Gasteiger charge is -2.16. The van der Waals surface area contributed by atoms with Crippen LogP contribution in [0.2, 0.25) is 0 Å². The predicted octanol–water partition coefficient (Wildman–Crippen LogP) is 4.92. The van der Waals surface area contributed by atoms with Crippen LogP contribution in [0.25, 0.3) is 0 Å². The number of rotatable bonds is 0. The zero-order valence-electron chi connectivity index (χ0n) is 16.9. The largest absolute Gasteiger partial charge is 0.289 e. The molecule has 6 rings (SSSR count). The summed E-state index contributed by atoms with van der Waals surface area (Å²) in [5, 5.41) is 0. The summed E-state index contributed by atoms with van der Waals surface area (Å²) >= 11 is 0. The molecule has 4 heteroatoms. The summed E-state index contributed by atoms with van der Waals surface area (Å²) in [4.78, 5) is 48.4. The Morgan fingerprint density at radius 1 is 0.250 bits per heavy atom. The molecule has 0 fully saturated rings. The summed E-state index contributed by atoms with van der Waals surface area (Å²) in [6, 6.07) is 27.8. The first kappa shape index (κ1) is 19.5. The van der Waals surface area contributed by atoms with Gasteiger partial charge in [-0.25, -0.2) is 0 Å². The zero-order chi connectivity index (χ0) is 22.2. The molecule has 4 nitrogen and oxygen atoms in total. The number of carbonyl (C=O) groups is 4. The zero-order valence-corrected chi connectivity index (χ0v) is 16.9. The number of fused-ring (bicyclic) bond motifs is 4. The first-order valence-corrected chi connectivity index (χ1v) is 10.1. The van der Waals surface area contributed by atoms with Gasteiger partial charge in [0.2, 0.25) is 0 Å². The number of benzene rings is 4. The van der Waals surface area contributed by atoms with Crippen molar-refractivity contribution >= 4 is 23.1 Å². The third-order valence-electron chi connectivity index (χ3n) is 5.67. The van der Waals surface area contributed by atoms with E-state index in [1.54, 1.807) is 97.1 Å². The Morgan fingerprint density at radius 3 is 0.500 bits per heavy atom. The van der Waals surface area contributed by atoms with E-state index in [9.17, 15) is 19.2 Å². The van der Waals surface area contributed by atoms with E-state index < -0.39 is 0 Å². The van der Waals surface area contributed by atoms with Crippen molar-refractivity contribution in [1.82, 2.24) is 0 Å². The predicted molar refractivity (Wildman–Crippen MR) is 119 cm³/mol. The fourth-order valence-corrected chi connectivity index (χ4v) is 4.10. The van der Waals surface area contributed by atoms with Crippen molar-refractivity contribution in [3.8, 4) is 0 Å². The Labute approximate surface area is 184 Å². The number of carbonyl (C=O) groups excluding carboxylic acids is 4. The van der Waals surface area contributed by atoms with Crippen LogP contribution in [0.15, 0.2) is 97.1 Å². The first-order chi connectivity index (χ1) is 15.6. The summed E-state index contributed by atoms with van der Waals surface area (Å²) in [6.07, 6.45) is 0. The van der Waals surface area contributed by atoms with Gasteiger partial charge < -0.3 is 0 Å². The van der Waals surface area contributed by atoms with E-state index in [0.29, 0.717) is 44.5 Å². The van der Waals surface area contributed by atoms with Gasteiger partial charge in [-0.15, -0.1) is 0 Å². The van der Waals surface area contributed by atoms with E-state index in [-0.39, 0.29) is 23.1 Å². The molecule has 0 amide bonds. The monoisotopic (exact) mass is 416 g/mol. The van der Waals surface area contributed by atoms with E-state index in [0.717, 1.165) is 0 Å². The van der Waals surface area contributed by atoms with Gasteiger partial charge in [0.15, 0.2) is 23.1 Å². The molecule has 0 saturated carbocycles. The van der Waals surface area contributed by atoms with Crippen LogP contribution >= 0.6 is 0 Å². The highest BCUT2D eigenvalue weighted by Gasteiger charge is 2.29. The van der Waals surface area contributed by atoms with Gasteiger partial charge in [-0.3, -0.25) is 19.2 Å². The van der Waals surface area contributed by atoms with Crippen molar-refractivity contribution in [2.45, 2.75) is 0 Å². The van der Waals surface area contributed by atoms with E-state index in [1.165, 1.54) is 0 Å². The Bertz CT molecular complexity index is 1120. The molecule has 0 bridgehead atoms. The molecular weight excluding hydrogens is 400 g/mol. The second-order valence-electron chi connectivity index (χ2n) is 7.50. The van der Waals surface area contributed by atoms with Gasteiger partial charge >= 0.3 is 0 Å². The third kappa shape index (κ3) is 3.01. The molecule has 0 aliphatic heterocycles. The van der Waals surface area contributed by atoms with Crippen LogP contribution in [0, 0.1) is 0 Å². The molecule has 0 heterocycles. The van der Waals surface area contributed by atoms with Gasteiger partial charge in [0.25, 0.3) is 0 Å². The van der Waals surface area contributed by atoms with Crippen molar-refractivity contribution in [1.29, 1.82) is 0 Å². The number of ketones is 4. The maximum Gasteiger partial charge on any atom is 0.194 e. The molecule has 2 aliphatic rings. The summed E-state index contributed by atoms with van der Waals surface area (Å²) < 4.78 is 0. The van der Waals surface area contributed by atoms with Gasteiger partial charge in [0, 0.05) is 44.5 Å². The average Bonchev–Trinajstić information content (AvgIpc) is 2.86. The highest BCUT2D eigenvalue weighted by Crippen LogP contribution is 2.27. The van der Waals surface area contributed by atoms with Gasteiger partial charge in [-0.05, 0) is 0 Å². The topological polar surface area (TPSA) is 68.3 Å². The lowest BCUT2D eigenvalue weighted by atomic mass is 9.84. The molecule has 0 radical (unpaired) electrons. The molecule has 152 valence electrons. The van der Waals surface area contributed by atoms with E-state index in [4.69, 9.17) is 0 Å². The fraction of sp³-hybridized carbons (Fsp3) is 0. The minimum Gasteiger partial charge on any atom is -0.289 e. The Hall–Kier alpha value is -4.44. The minimum absolute atomic E-state index is 0.0641. The van der Waals surface area contributed by atoms with Crippen molar-refractivity contribution in [2.24, 2.45) is 0 Å². The Morgan fingerprint density at radius 2 is 0.375 bits per heavy atom. The van der Waals surface area contributed by atoms with Crippen LogP contribution in [0.1, 0.15) is 63.7 Å². The molecule has 2 aliphatic carbocycles. The van der Waals surface area contributed by atoms with Gasteiger partial charge in [0.05, 0.1) is 0 Å².